The molecule has 25 heavy (non-hydrogen) atoms. The van der Waals surface area contributed by atoms with Crippen molar-refractivity contribution in [1.82, 2.24) is 9.55 Å². The standard InChI is InChI=1S/C21H16Cl2N2/c1-14-6-9-16(10-7-14)21-24-19-4-2-3-5-20(19)25(21)13-15-8-11-17(22)18(23)12-15/h2-12H,13H2,1H3. The van der Waals surface area contributed by atoms with E-state index in [0.717, 1.165) is 28.0 Å². The van der Waals surface area contributed by atoms with Crippen LogP contribution in [0.5, 0.6) is 0 Å². The van der Waals surface area contributed by atoms with E-state index in [2.05, 4.69) is 41.8 Å². The van der Waals surface area contributed by atoms with E-state index in [1.165, 1.54) is 5.56 Å². The molecular formula is C21H16Cl2N2. The van der Waals surface area contributed by atoms with Crippen LogP contribution in [0.25, 0.3) is 22.4 Å². The van der Waals surface area contributed by atoms with Crippen LogP contribution in [0.4, 0.5) is 0 Å². The number of rotatable bonds is 3. The first-order valence-corrected chi connectivity index (χ1v) is 8.83. The molecular weight excluding hydrogens is 351 g/mol. The third-order valence-corrected chi connectivity index (χ3v) is 5.03. The molecule has 0 radical (unpaired) electrons. The highest BCUT2D eigenvalue weighted by molar-refractivity contribution is 6.42. The lowest BCUT2D eigenvalue weighted by molar-refractivity contribution is 0.834. The van der Waals surface area contributed by atoms with Gasteiger partial charge in [0.25, 0.3) is 0 Å². The molecule has 0 N–H and O–H groups in total. The molecule has 1 aromatic heterocycles. The van der Waals surface area contributed by atoms with Gasteiger partial charge in [-0.05, 0) is 36.8 Å². The van der Waals surface area contributed by atoms with Crippen LogP contribution in [-0.2, 0) is 6.54 Å². The van der Waals surface area contributed by atoms with E-state index in [1.54, 1.807) is 0 Å². The molecule has 0 fully saturated rings. The number of hydrogen-bond acceptors (Lipinski definition) is 1. The fraction of sp³-hybridized carbons (Fsp3) is 0.0952. The average Bonchev–Trinajstić information content (AvgIpc) is 2.97. The Balaban J connectivity index is 1.87. The predicted molar refractivity (Wildman–Crippen MR) is 105 cm³/mol. The molecule has 4 heteroatoms. The number of hydrogen-bond donors (Lipinski definition) is 0. The summed E-state index contributed by atoms with van der Waals surface area (Å²) in [6.07, 6.45) is 0. The van der Waals surface area contributed by atoms with Crippen LogP contribution in [0.3, 0.4) is 0 Å². The van der Waals surface area contributed by atoms with Gasteiger partial charge in [0.2, 0.25) is 0 Å². The Labute approximate surface area is 156 Å². The second kappa shape index (κ2) is 6.55. The van der Waals surface area contributed by atoms with Crippen molar-refractivity contribution in [3.63, 3.8) is 0 Å². The molecule has 0 atom stereocenters. The van der Waals surface area contributed by atoms with Crippen molar-refractivity contribution in [2.75, 3.05) is 0 Å². The largest absolute Gasteiger partial charge is 0.319 e. The molecule has 3 aromatic carbocycles. The van der Waals surface area contributed by atoms with E-state index in [1.807, 2.05) is 36.4 Å². The fourth-order valence-electron chi connectivity index (χ4n) is 2.98. The summed E-state index contributed by atoms with van der Waals surface area (Å²) in [5, 5.41) is 1.14. The summed E-state index contributed by atoms with van der Waals surface area (Å²) >= 11 is 12.2. The maximum absolute atomic E-state index is 6.19. The van der Waals surface area contributed by atoms with Crippen LogP contribution in [0.15, 0.2) is 66.7 Å². The SMILES string of the molecule is Cc1ccc(-c2nc3ccccc3n2Cc2ccc(Cl)c(Cl)c2)cc1. The highest BCUT2D eigenvalue weighted by Gasteiger charge is 2.13. The van der Waals surface area contributed by atoms with Gasteiger partial charge in [-0.25, -0.2) is 4.98 Å². The van der Waals surface area contributed by atoms with Gasteiger partial charge in [0.05, 0.1) is 21.1 Å². The Morgan fingerprint density at radius 3 is 2.40 bits per heavy atom. The quantitative estimate of drug-likeness (QED) is 0.412. The zero-order chi connectivity index (χ0) is 17.4. The summed E-state index contributed by atoms with van der Waals surface area (Å²) < 4.78 is 2.22. The van der Waals surface area contributed by atoms with Crippen molar-refractivity contribution >= 4 is 34.2 Å². The first-order chi connectivity index (χ1) is 12.1. The summed E-state index contributed by atoms with van der Waals surface area (Å²) in [7, 11) is 0. The number of aromatic nitrogens is 2. The van der Waals surface area contributed by atoms with Gasteiger partial charge >= 0.3 is 0 Å². The summed E-state index contributed by atoms with van der Waals surface area (Å²) in [6.45, 7) is 2.77. The lowest BCUT2D eigenvalue weighted by Gasteiger charge is -2.11. The lowest BCUT2D eigenvalue weighted by Crippen LogP contribution is -2.02. The van der Waals surface area contributed by atoms with Gasteiger partial charge in [0.1, 0.15) is 5.82 Å². The van der Waals surface area contributed by atoms with Crippen LogP contribution >= 0.6 is 23.2 Å². The lowest BCUT2D eigenvalue weighted by atomic mass is 10.1. The number of benzene rings is 3. The van der Waals surface area contributed by atoms with Gasteiger partial charge in [-0.2, -0.15) is 0 Å². The number of para-hydroxylation sites is 2. The average molecular weight is 367 g/mol. The highest BCUT2D eigenvalue weighted by Crippen LogP contribution is 2.28. The third kappa shape index (κ3) is 3.15. The minimum Gasteiger partial charge on any atom is -0.319 e. The first-order valence-electron chi connectivity index (χ1n) is 8.08. The molecule has 4 aromatic rings. The van der Waals surface area contributed by atoms with Gasteiger partial charge in [-0.3, -0.25) is 0 Å². The molecule has 0 bridgehead atoms. The third-order valence-electron chi connectivity index (χ3n) is 4.29. The fourth-order valence-corrected chi connectivity index (χ4v) is 3.30. The second-order valence-electron chi connectivity index (χ2n) is 6.12. The van der Waals surface area contributed by atoms with Crippen LogP contribution in [-0.4, -0.2) is 9.55 Å². The van der Waals surface area contributed by atoms with Gasteiger partial charge < -0.3 is 4.57 Å². The minimum absolute atomic E-state index is 0.569. The van der Waals surface area contributed by atoms with Crippen LogP contribution in [0, 0.1) is 6.92 Å². The van der Waals surface area contributed by atoms with Crippen LogP contribution < -0.4 is 0 Å². The number of nitrogens with zero attached hydrogens (tertiary/aromatic N) is 2. The smallest absolute Gasteiger partial charge is 0.141 e. The van der Waals surface area contributed by atoms with E-state index in [4.69, 9.17) is 28.2 Å². The van der Waals surface area contributed by atoms with Crippen LogP contribution in [0.1, 0.15) is 11.1 Å². The van der Waals surface area contributed by atoms with Gasteiger partial charge in [-0.15, -0.1) is 0 Å². The summed E-state index contributed by atoms with van der Waals surface area (Å²) in [5.41, 5.74) is 5.51. The molecule has 1 heterocycles. The number of halogens is 2. The number of imidazole rings is 1. The van der Waals surface area contributed by atoms with E-state index in [-0.39, 0.29) is 0 Å². The summed E-state index contributed by atoms with van der Waals surface area (Å²) in [5.74, 6) is 0.951. The second-order valence-corrected chi connectivity index (χ2v) is 6.94. The predicted octanol–water partition coefficient (Wildman–Crippen LogP) is 6.37. The molecule has 0 spiro atoms. The Hall–Kier alpha value is -2.29. The van der Waals surface area contributed by atoms with Crippen LogP contribution in [0.2, 0.25) is 10.0 Å². The molecule has 0 unspecified atom stereocenters. The Bertz CT molecular complexity index is 1050. The van der Waals surface area contributed by atoms with Crippen molar-refractivity contribution in [3.05, 3.63) is 87.9 Å². The zero-order valence-corrected chi connectivity index (χ0v) is 15.2. The van der Waals surface area contributed by atoms with Gasteiger partial charge in [-0.1, -0.05) is 71.2 Å². The maximum Gasteiger partial charge on any atom is 0.141 e. The monoisotopic (exact) mass is 366 g/mol. The summed E-state index contributed by atoms with van der Waals surface area (Å²) in [4.78, 5) is 4.85. The Morgan fingerprint density at radius 1 is 0.880 bits per heavy atom. The van der Waals surface area contributed by atoms with Crippen molar-refractivity contribution in [1.29, 1.82) is 0 Å². The molecule has 0 amide bonds. The maximum atomic E-state index is 6.19. The van der Waals surface area contributed by atoms with E-state index >= 15 is 0 Å². The van der Waals surface area contributed by atoms with Crippen molar-refractivity contribution in [2.45, 2.75) is 13.5 Å². The number of fused-ring (bicyclic) bond motifs is 1. The Kier molecular flexibility index (Phi) is 4.24. The minimum atomic E-state index is 0.569. The molecule has 4 rings (SSSR count). The van der Waals surface area contributed by atoms with Crippen molar-refractivity contribution in [2.24, 2.45) is 0 Å². The van der Waals surface area contributed by atoms with E-state index in [0.29, 0.717) is 16.6 Å². The zero-order valence-electron chi connectivity index (χ0n) is 13.7. The van der Waals surface area contributed by atoms with Crippen molar-refractivity contribution < 1.29 is 0 Å². The number of aryl methyl sites for hydroxylation is 1. The first kappa shape index (κ1) is 16.2. The summed E-state index contributed by atoms with van der Waals surface area (Å²) in [6, 6.07) is 22.4. The molecule has 2 nitrogen and oxygen atoms in total. The van der Waals surface area contributed by atoms with Gasteiger partial charge in [0, 0.05) is 12.1 Å². The topological polar surface area (TPSA) is 17.8 Å². The molecule has 0 aliphatic heterocycles. The Morgan fingerprint density at radius 2 is 1.64 bits per heavy atom. The molecule has 0 saturated carbocycles. The molecule has 124 valence electrons. The van der Waals surface area contributed by atoms with E-state index in [9.17, 15) is 0 Å². The van der Waals surface area contributed by atoms with Crippen molar-refractivity contribution in [3.8, 4) is 11.4 Å². The van der Waals surface area contributed by atoms with Gasteiger partial charge in [0.15, 0.2) is 0 Å². The molecule has 0 aliphatic rings. The molecule has 0 aliphatic carbocycles. The van der Waals surface area contributed by atoms with E-state index < -0.39 is 0 Å². The normalized spacial score (nSPS) is 11.2. The molecule has 0 saturated heterocycles. The highest BCUT2D eigenvalue weighted by atomic mass is 35.5.